The highest BCUT2D eigenvalue weighted by Crippen LogP contribution is 2.33. The predicted octanol–water partition coefficient (Wildman–Crippen LogP) is 4.34. The molecule has 4 heteroatoms. The zero-order valence-electron chi connectivity index (χ0n) is 14.3. The second-order valence-corrected chi connectivity index (χ2v) is 6.13. The van der Waals surface area contributed by atoms with Crippen molar-refractivity contribution in [1.29, 1.82) is 0 Å². The number of rotatable bonds is 5. The molecule has 0 unspecified atom stereocenters. The quantitative estimate of drug-likeness (QED) is 0.711. The Bertz CT molecular complexity index is 866. The minimum absolute atomic E-state index is 0.165. The smallest absolute Gasteiger partial charge is 0.305 e. The molecule has 2 aromatic heterocycles. The van der Waals surface area contributed by atoms with Gasteiger partial charge in [-0.15, -0.1) is 0 Å². The molecule has 124 valence electrons. The number of carbonyl (C=O) groups is 1. The van der Waals surface area contributed by atoms with E-state index in [1.807, 2.05) is 18.2 Å². The largest absolute Gasteiger partial charge is 0.469 e. The molecular weight excluding hydrogens is 300 g/mol. The van der Waals surface area contributed by atoms with Crippen LogP contribution in [0.1, 0.15) is 29.5 Å². The molecule has 0 aliphatic carbocycles. The summed E-state index contributed by atoms with van der Waals surface area (Å²) >= 11 is 0. The molecule has 0 aliphatic rings. The maximum absolute atomic E-state index is 11.4. The van der Waals surface area contributed by atoms with E-state index in [1.165, 1.54) is 29.2 Å². The molecular formula is C20H22N2O2. The Morgan fingerprint density at radius 1 is 1.25 bits per heavy atom. The number of fused-ring (bicyclic) bond motifs is 1. The number of aryl methyl sites for hydroxylation is 3. The fourth-order valence-corrected chi connectivity index (χ4v) is 3.29. The van der Waals surface area contributed by atoms with Crippen molar-refractivity contribution in [3.05, 3.63) is 53.2 Å². The van der Waals surface area contributed by atoms with Gasteiger partial charge in [-0.05, 0) is 61.6 Å². The van der Waals surface area contributed by atoms with Gasteiger partial charge >= 0.3 is 5.97 Å². The molecule has 0 saturated carbocycles. The van der Waals surface area contributed by atoms with Crippen molar-refractivity contribution < 1.29 is 9.53 Å². The number of hydrogen-bond donors (Lipinski definition) is 1. The maximum atomic E-state index is 11.4. The summed E-state index contributed by atoms with van der Waals surface area (Å²) in [6.45, 7) is 4.24. The fourth-order valence-electron chi connectivity index (χ4n) is 3.29. The summed E-state index contributed by atoms with van der Waals surface area (Å²) < 4.78 is 4.75. The number of carbonyl (C=O) groups excluding carboxylic acids is 1. The molecule has 0 aliphatic heterocycles. The average Bonchev–Trinajstić information content (AvgIpc) is 2.94. The van der Waals surface area contributed by atoms with Crippen LogP contribution in [0, 0.1) is 13.8 Å². The van der Waals surface area contributed by atoms with Crippen LogP contribution in [-0.4, -0.2) is 23.0 Å². The summed E-state index contributed by atoms with van der Waals surface area (Å²) in [4.78, 5) is 19.5. The Labute approximate surface area is 141 Å². The maximum Gasteiger partial charge on any atom is 0.305 e. The summed E-state index contributed by atoms with van der Waals surface area (Å²) in [5, 5.41) is 1.24. The molecule has 24 heavy (non-hydrogen) atoms. The van der Waals surface area contributed by atoms with Gasteiger partial charge < -0.3 is 9.72 Å². The van der Waals surface area contributed by atoms with Gasteiger partial charge in [-0.1, -0.05) is 12.1 Å². The van der Waals surface area contributed by atoms with E-state index in [9.17, 15) is 4.79 Å². The Hall–Kier alpha value is -2.62. The predicted molar refractivity (Wildman–Crippen MR) is 96.0 cm³/mol. The molecule has 0 atom stereocenters. The molecule has 0 radical (unpaired) electrons. The van der Waals surface area contributed by atoms with Crippen molar-refractivity contribution in [3.63, 3.8) is 0 Å². The topological polar surface area (TPSA) is 55.0 Å². The number of nitrogens with zero attached hydrogens (tertiary/aromatic N) is 1. The molecule has 3 rings (SSSR count). The lowest BCUT2D eigenvalue weighted by molar-refractivity contribution is -0.140. The number of nitrogens with one attached hydrogen (secondary N) is 1. The minimum atomic E-state index is -0.165. The number of aromatic amines is 1. The lowest BCUT2D eigenvalue weighted by atomic mass is 9.98. The third kappa shape index (κ3) is 3.18. The molecule has 0 bridgehead atoms. The number of aromatic nitrogens is 2. The standard InChI is InChI=1S/C20H22N2O2/c1-13-11-14(2)19-15(7-6-9-18(23)24-3)20(22-17(19)12-13)16-8-4-5-10-21-16/h4-5,8,10-12,22H,6-7,9H2,1-3H3. The highest BCUT2D eigenvalue weighted by molar-refractivity contribution is 5.93. The highest BCUT2D eigenvalue weighted by atomic mass is 16.5. The number of benzene rings is 1. The molecule has 1 N–H and O–H groups in total. The van der Waals surface area contributed by atoms with E-state index < -0.39 is 0 Å². The Morgan fingerprint density at radius 3 is 2.79 bits per heavy atom. The van der Waals surface area contributed by atoms with Crippen LogP contribution in [0.25, 0.3) is 22.3 Å². The Balaban J connectivity index is 2.07. The van der Waals surface area contributed by atoms with Gasteiger partial charge in [0.05, 0.1) is 18.5 Å². The van der Waals surface area contributed by atoms with Crippen LogP contribution in [-0.2, 0) is 16.0 Å². The van der Waals surface area contributed by atoms with E-state index in [0.29, 0.717) is 6.42 Å². The summed E-state index contributed by atoms with van der Waals surface area (Å²) in [7, 11) is 1.43. The van der Waals surface area contributed by atoms with Crippen molar-refractivity contribution in [3.8, 4) is 11.4 Å². The number of esters is 1. The van der Waals surface area contributed by atoms with Gasteiger partial charge in [0.1, 0.15) is 0 Å². The Morgan fingerprint density at radius 2 is 2.08 bits per heavy atom. The summed E-state index contributed by atoms with van der Waals surface area (Å²) in [6, 6.07) is 10.3. The monoisotopic (exact) mass is 322 g/mol. The average molecular weight is 322 g/mol. The van der Waals surface area contributed by atoms with Crippen molar-refractivity contribution in [2.75, 3.05) is 7.11 Å². The first kappa shape index (κ1) is 16.2. The highest BCUT2D eigenvalue weighted by Gasteiger charge is 2.16. The summed E-state index contributed by atoms with van der Waals surface area (Å²) in [6.07, 6.45) is 3.80. The van der Waals surface area contributed by atoms with Crippen LogP contribution in [0.5, 0.6) is 0 Å². The van der Waals surface area contributed by atoms with Crippen molar-refractivity contribution in [2.45, 2.75) is 33.1 Å². The van der Waals surface area contributed by atoms with Crippen LogP contribution < -0.4 is 0 Å². The number of hydrogen-bond acceptors (Lipinski definition) is 3. The zero-order chi connectivity index (χ0) is 17.1. The number of H-pyrrole nitrogens is 1. The lowest BCUT2D eigenvalue weighted by Gasteiger charge is -2.06. The van der Waals surface area contributed by atoms with Crippen LogP contribution in [0.15, 0.2) is 36.5 Å². The number of methoxy groups -OCH3 is 1. The Kier molecular flexibility index (Phi) is 4.65. The molecule has 2 heterocycles. The van der Waals surface area contributed by atoms with Gasteiger partial charge in [0.15, 0.2) is 0 Å². The SMILES string of the molecule is COC(=O)CCCc1c(-c2ccccn2)[nH]c2cc(C)cc(C)c12. The second-order valence-electron chi connectivity index (χ2n) is 6.13. The zero-order valence-corrected chi connectivity index (χ0v) is 14.3. The molecule has 0 saturated heterocycles. The number of pyridine rings is 1. The van der Waals surface area contributed by atoms with Gasteiger partial charge in [-0.2, -0.15) is 0 Å². The van der Waals surface area contributed by atoms with E-state index >= 15 is 0 Å². The molecule has 0 fully saturated rings. The molecule has 0 amide bonds. The first-order valence-electron chi connectivity index (χ1n) is 8.20. The van der Waals surface area contributed by atoms with Gasteiger partial charge in [0.25, 0.3) is 0 Å². The molecule has 0 spiro atoms. The van der Waals surface area contributed by atoms with Crippen LogP contribution in [0.3, 0.4) is 0 Å². The molecule has 1 aromatic carbocycles. The van der Waals surface area contributed by atoms with Gasteiger partial charge in [0.2, 0.25) is 0 Å². The molecule has 4 nitrogen and oxygen atoms in total. The summed E-state index contributed by atoms with van der Waals surface area (Å²) in [5.41, 5.74) is 6.81. The molecule has 3 aromatic rings. The van der Waals surface area contributed by atoms with Crippen LogP contribution >= 0.6 is 0 Å². The van der Waals surface area contributed by atoms with E-state index in [1.54, 1.807) is 6.20 Å². The first-order chi connectivity index (χ1) is 11.6. The van der Waals surface area contributed by atoms with Crippen LogP contribution in [0.4, 0.5) is 0 Å². The normalized spacial score (nSPS) is 11.0. The van der Waals surface area contributed by atoms with Gasteiger partial charge in [-0.3, -0.25) is 9.78 Å². The van der Waals surface area contributed by atoms with Crippen molar-refractivity contribution >= 4 is 16.9 Å². The van der Waals surface area contributed by atoms with E-state index in [4.69, 9.17) is 4.74 Å². The van der Waals surface area contributed by atoms with Gasteiger partial charge in [0, 0.05) is 23.5 Å². The number of ether oxygens (including phenoxy) is 1. The summed E-state index contributed by atoms with van der Waals surface area (Å²) in [5.74, 6) is -0.165. The fraction of sp³-hybridized carbons (Fsp3) is 0.300. The second kappa shape index (κ2) is 6.87. The third-order valence-corrected chi connectivity index (χ3v) is 4.30. The third-order valence-electron chi connectivity index (χ3n) is 4.30. The first-order valence-corrected chi connectivity index (χ1v) is 8.20. The minimum Gasteiger partial charge on any atom is -0.469 e. The van der Waals surface area contributed by atoms with Crippen molar-refractivity contribution in [2.24, 2.45) is 0 Å². The lowest BCUT2D eigenvalue weighted by Crippen LogP contribution is -2.01. The van der Waals surface area contributed by atoms with Gasteiger partial charge in [-0.25, -0.2) is 0 Å². The van der Waals surface area contributed by atoms with E-state index in [2.05, 4.69) is 35.9 Å². The van der Waals surface area contributed by atoms with E-state index in [0.717, 1.165) is 29.7 Å². The van der Waals surface area contributed by atoms with E-state index in [-0.39, 0.29) is 5.97 Å². The van der Waals surface area contributed by atoms with Crippen LogP contribution in [0.2, 0.25) is 0 Å². The van der Waals surface area contributed by atoms with Crippen molar-refractivity contribution in [1.82, 2.24) is 9.97 Å².